The lowest BCUT2D eigenvalue weighted by Gasteiger charge is -2.20. The third-order valence-electron chi connectivity index (χ3n) is 2.73. The van der Waals surface area contributed by atoms with E-state index in [4.69, 9.17) is 0 Å². The molecule has 0 bridgehead atoms. The Labute approximate surface area is 122 Å². The number of halogens is 2. The lowest BCUT2D eigenvalue weighted by molar-refractivity contribution is 0.0765. The average Bonchev–Trinajstić information content (AvgIpc) is 2.57. The molecule has 1 aliphatic rings. The molecule has 3 nitrogen and oxygen atoms in total. The van der Waals surface area contributed by atoms with Crippen molar-refractivity contribution in [1.82, 2.24) is 10.2 Å². The lowest BCUT2D eigenvalue weighted by atomic mass is 10.2. The second kappa shape index (κ2) is 7.18. The first-order chi connectivity index (χ1) is 7.79. The summed E-state index contributed by atoms with van der Waals surface area (Å²) in [4.78, 5) is 14.2. The molecule has 1 aromatic carbocycles. The van der Waals surface area contributed by atoms with Gasteiger partial charge in [0.1, 0.15) is 0 Å². The predicted molar refractivity (Wildman–Crippen MR) is 79.8 cm³/mol. The molecular formula is C12H16ClIN2O. The van der Waals surface area contributed by atoms with Gasteiger partial charge in [-0.15, -0.1) is 12.4 Å². The molecule has 0 aromatic heterocycles. The van der Waals surface area contributed by atoms with Crippen LogP contribution in [0.2, 0.25) is 0 Å². The molecule has 1 N–H and O–H groups in total. The van der Waals surface area contributed by atoms with Crippen molar-refractivity contribution < 1.29 is 4.79 Å². The van der Waals surface area contributed by atoms with Crippen molar-refractivity contribution in [3.8, 4) is 0 Å². The zero-order valence-corrected chi connectivity index (χ0v) is 12.5. The standard InChI is InChI=1S/C12H15IN2O.ClH/c13-11-5-2-1-4-10(11)12(16)15-8-3-6-14-7-9-15;/h1-2,4-5,14H,3,6-9H2;1H. The lowest BCUT2D eigenvalue weighted by Crippen LogP contribution is -2.34. The van der Waals surface area contributed by atoms with Crippen LogP contribution in [0, 0.1) is 3.57 Å². The molecule has 0 radical (unpaired) electrons. The number of nitrogens with zero attached hydrogens (tertiary/aromatic N) is 1. The van der Waals surface area contributed by atoms with E-state index < -0.39 is 0 Å². The maximum absolute atomic E-state index is 12.3. The van der Waals surface area contributed by atoms with Gasteiger partial charge < -0.3 is 10.2 Å². The predicted octanol–water partition coefficient (Wildman–Crippen LogP) is 2.15. The van der Waals surface area contributed by atoms with Crippen molar-refractivity contribution in [2.75, 3.05) is 26.2 Å². The third-order valence-corrected chi connectivity index (χ3v) is 3.67. The normalized spacial score (nSPS) is 15.9. The van der Waals surface area contributed by atoms with Crippen LogP contribution in [0.1, 0.15) is 16.8 Å². The topological polar surface area (TPSA) is 32.3 Å². The Morgan fingerprint density at radius 2 is 2.00 bits per heavy atom. The van der Waals surface area contributed by atoms with Gasteiger partial charge in [0.25, 0.3) is 5.91 Å². The average molecular weight is 367 g/mol. The first kappa shape index (κ1) is 14.7. The number of benzene rings is 1. The largest absolute Gasteiger partial charge is 0.337 e. The van der Waals surface area contributed by atoms with Gasteiger partial charge in [0.2, 0.25) is 0 Å². The smallest absolute Gasteiger partial charge is 0.254 e. The fourth-order valence-electron chi connectivity index (χ4n) is 1.85. The molecule has 1 aliphatic heterocycles. The monoisotopic (exact) mass is 366 g/mol. The van der Waals surface area contributed by atoms with Crippen LogP contribution >= 0.6 is 35.0 Å². The van der Waals surface area contributed by atoms with Crippen LogP contribution in [-0.2, 0) is 0 Å². The van der Waals surface area contributed by atoms with Crippen molar-refractivity contribution in [2.24, 2.45) is 0 Å². The number of amides is 1. The third kappa shape index (κ3) is 3.82. The summed E-state index contributed by atoms with van der Waals surface area (Å²) in [5.74, 6) is 0.161. The molecule has 2 rings (SSSR count). The van der Waals surface area contributed by atoms with E-state index in [2.05, 4.69) is 27.9 Å². The second-order valence-corrected chi connectivity index (χ2v) is 5.04. The van der Waals surface area contributed by atoms with Gasteiger partial charge >= 0.3 is 0 Å². The van der Waals surface area contributed by atoms with Gasteiger partial charge in [0.15, 0.2) is 0 Å². The summed E-state index contributed by atoms with van der Waals surface area (Å²) in [5, 5.41) is 3.30. The number of rotatable bonds is 1. The molecule has 1 amide bonds. The van der Waals surface area contributed by atoms with Crippen LogP contribution in [0.4, 0.5) is 0 Å². The molecule has 0 aliphatic carbocycles. The van der Waals surface area contributed by atoms with E-state index >= 15 is 0 Å². The van der Waals surface area contributed by atoms with E-state index in [-0.39, 0.29) is 18.3 Å². The van der Waals surface area contributed by atoms with E-state index in [1.807, 2.05) is 29.2 Å². The van der Waals surface area contributed by atoms with E-state index in [9.17, 15) is 4.79 Å². The van der Waals surface area contributed by atoms with Gasteiger partial charge in [-0.1, -0.05) is 12.1 Å². The molecule has 1 fully saturated rings. The van der Waals surface area contributed by atoms with Gasteiger partial charge in [0, 0.05) is 23.2 Å². The Morgan fingerprint density at radius 3 is 2.76 bits per heavy atom. The highest BCUT2D eigenvalue weighted by Gasteiger charge is 2.18. The summed E-state index contributed by atoms with van der Waals surface area (Å²) in [6.45, 7) is 3.57. The highest BCUT2D eigenvalue weighted by molar-refractivity contribution is 14.1. The highest BCUT2D eigenvalue weighted by Crippen LogP contribution is 2.14. The van der Waals surface area contributed by atoms with Gasteiger partial charge in [0.05, 0.1) is 5.56 Å². The van der Waals surface area contributed by atoms with E-state index in [1.165, 1.54) is 0 Å². The van der Waals surface area contributed by atoms with Crippen LogP contribution in [0.25, 0.3) is 0 Å². The van der Waals surface area contributed by atoms with E-state index in [1.54, 1.807) is 0 Å². The molecular weight excluding hydrogens is 351 g/mol. The van der Waals surface area contributed by atoms with Gasteiger partial charge in [-0.3, -0.25) is 4.79 Å². The van der Waals surface area contributed by atoms with Crippen LogP contribution in [0.15, 0.2) is 24.3 Å². The minimum absolute atomic E-state index is 0. The maximum Gasteiger partial charge on any atom is 0.254 e. The summed E-state index contributed by atoms with van der Waals surface area (Å²) < 4.78 is 1.03. The number of hydrogen-bond donors (Lipinski definition) is 1. The first-order valence-electron chi connectivity index (χ1n) is 5.53. The number of nitrogens with one attached hydrogen (secondary N) is 1. The summed E-state index contributed by atoms with van der Waals surface area (Å²) in [7, 11) is 0. The highest BCUT2D eigenvalue weighted by atomic mass is 127. The molecule has 5 heteroatoms. The Hall–Kier alpha value is -0.330. The molecule has 17 heavy (non-hydrogen) atoms. The van der Waals surface area contributed by atoms with E-state index in [0.717, 1.165) is 41.7 Å². The number of hydrogen-bond acceptors (Lipinski definition) is 2. The minimum atomic E-state index is 0. The van der Waals surface area contributed by atoms with Crippen molar-refractivity contribution in [3.05, 3.63) is 33.4 Å². The fourth-order valence-corrected chi connectivity index (χ4v) is 2.47. The van der Waals surface area contributed by atoms with Crippen molar-refractivity contribution in [3.63, 3.8) is 0 Å². The summed E-state index contributed by atoms with van der Waals surface area (Å²) in [6.07, 6.45) is 1.04. The van der Waals surface area contributed by atoms with Gasteiger partial charge in [-0.2, -0.15) is 0 Å². The van der Waals surface area contributed by atoms with Crippen LogP contribution in [-0.4, -0.2) is 37.0 Å². The Balaban J connectivity index is 0.00000144. The molecule has 0 unspecified atom stereocenters. The molecule has 94 valence electrons. The summed E-state index contributed by atoms with van der Waals surface area (Å²) >= 11 is 2.22. The first-order valence-corrected chi connectivity index (χ1v) is 6.61. The molecule has 1 heterocycles. The van der Waals surface area contributed by atoms with Gasteiger partial charge in [-0.25, -0.2) is 0 Å². The number of carbonyl (C=O) groups is 1. The zero-order valence-electron chi connectivity index (χ0n) is 9.49. The quantitative estimate of drug-likeness (QED) is 0.773. The van der Waals surface area contributed by atoms with E-state index in [0.29, 0.717) is 0 Å². The summed E-state index contributed by atoms with van der Waals surface area (Å²) in [5.41, 5.74) is 0.824. The van der Waals surface area contributed by atoms with Crippen LogP contribution in [0.5, 0.6) is 0 Å². The SMILES string of the molecule is Cl.O=C(c1ccccc1I)N1CCCNCC1. The van der Waals surface area contributed by atoms with Crippen LogP contribution < -0.4 is 5.32 Å². The molecule has 1 saturated heterocycles. The Kier molecular flexibility index (Phi) is 6.22. The Bertz CT molecular complexity index is 379. The van der Waals surface area contributed by atoms with Crippen molar-refractivity contribution in [1.29, 1.82) is 0 Å². The minimum Gasteiger partial charge on any atom is -0.337 e. The second-order valence-electron chi connectivity index (χ2n) is 3.88. The van der Waals surface area contributed by atoms with Crippen molar-refractivity contribution in [2.45, 2.75) is 6.42 Å². The maximum atomic E-state index is 12.3. The molecule has 0 spiro atoms. The molecule has 0 saturated carbocycles. The summed E-state index contributed by atoms with van der Waals surface area (Å²) in [6, 6.07) is 7.76. The van der Waals surface area contributed by atoms with Gasteiger partial charge in [-0.05, 0) is 47.7 Å². The van der Waals surface area contributed by atoms with Crippen LogP contribution in [0.3, 0.4) is 0 Å². The Morgan fingerprint density at radius 1 is 1.24 bits per heavy atom. The fraction of sp³-hybridized carbons (Fsp3) is 0.417. The molecule has 0 atom stereocenters. The zero-order chi connectivity index (χ0) is 11.4. The molecule has 1 aromatic rings. The van der Waals surface area contributed by atoms with Crippen molar-refractivity contribution >= 4 is 40.9 Å². The number of carbonyl (C=O) groups excluding carboxylic acids is 1.